The zero-order valence-electron chi connectivity index (χ0n) is 15.1. The Kier molecular flexibility index (Phi) is 5.59. The fourth-order valence-corrected chi connectivity index (χ4v) is 3.50. The van der Waals surface area contributed by atoms with Gasteiger partial charge in [0.1, 0.15) is 0 Å². The summed E-state index contributed by atoms with van der Waals surface area (Å²) in [6.45, 7) is 0.674. The van der Waals surface area contributed by atoms with Gasteiger partial charge in [0.15, 0.2) is 0 Å². The molecule has 10 heteroatoms. The highest BCUT2D eigenvalue weighted by Crippen LogP contribution is 2.33. The van der Waals surface area contributed by atoms with Crippen molar-refractivity contribution in [1.29, 1.82) is 0 Å². The molecule has 2 aliphatic heterocycles. The van der Waals surface area contributed by atoms with Crippen molar-refractivity contribution in [3.05, 3.63) is 29.3 Å². The van der Waals surface area contributed by atoms with Gasteiger partial charge in [-0.2, -0.15) is 13.2 Å². The minimum absolute atomic E-state index is 0.0226. The van der Waals surface area contributed by atoms with E-state index in [-0.39, 0.29) is 48.7 Å². The molecule has 2 aliphatic rings. The Morgan fingerprint density at radius 2 is 2.04 bits per heavy atom. The topological polar surface area (TPSA) is 87.7 Å². The Hall–Kier alpha value is -2.62. The molecule has 3 amide bonds. The molecule has 0 bridgehead atoms. The average molecular weight is 399 g/mol. The Labute approximate surface area is 159 Å². The van der Waals surface area contributed by atoms with Crippen molar-refractivity contribution in [3.63, 3.8) is 0 Å². The van der Waals surface area contributed by atoms with E-state index in [1.807, 2.05) is 0 Å². The number of rotatable bonds is 5. The number of benzene rings is 1. The maximum Gasteiger partial charge on any atom is 0.416 e. The summed E-state index contributed by atoms with van der Waals surface area (Å²) in [6.07, 6.45) is -4.39. The van der Waals surface area contributed by atoms with Crippen LogP contribution in [0, 0.1) is 5.92 Å². The number of halogens is 3. The predicted molar refractivity (Wildman–Crippen MR) is 92.5 cm³/mol. The summed E-state index contributed by atoms with van der Waals surface area (Å²) in [5.74, 6) is -1.20. The lowest BCUT2D eigenvalue weighted by Gasteiger charge is -2.19. The molecule has 152 valence electrons. The van der Waals surface area contributed by atoms with E-state index in [4.69, 9.17) is 4.74 Å². The summed E-state index contributed by atoms with van der Waals surface area (Å²) in [6, 6.07) is 2.63. The second-order valence-electron chi connectivity index (χ2n) is 6.94. The van der Waals surface area contributed by atoms with E-state index in [9.17, 15) is 27.6 Å². The minimum atomic E-state index is -4.67. The van der Waals surface area contributed by atoms with Crippen molar-refractivity contribution in [2.75, 3.05) is 32.1 Å². The van der Waals surface area contributed by atoms with E-state index in [2.05, 4.69) is 10.6 Å². The summed E-state index contributed by atoms with van der Waals surface area (Å²) >= 11 is 0. The van der Waals surface area contributed by atoms with Crippen LogP contribution in [0.4, 0.5) is 18.9 Å². The van der Waals surface area contributed by atoms with Gasteiger partial charge in [-0.25, -0.2) is 0 Å². The van der Waals surface area contributed by atoms with Crippen molar-refractivity contribution in [1.82, 2.24) is 10.2 Å². The number of ether oxygens (including phenoxy) is 1. The first-order valence-corrected chi connectivity index (χ1v) is 8.77. The Morgan fingerprint density at radius 3 is 2.68 bits per heavy atom. The van der Waals surface area contributed by atoms with Gasteiger partial charge >= 0.3 is 6.18 Å². The van der Waals surface area contributed by atoms with Crippen molar-refractivity contribution >= 4 is 23.4 Å². The molecular weight excluding hydrogens is 379 g/mol. The largest absolute Gasteiger partial charge is 0.416 e. The number of amides is 3. The van der Waals surface area contributed by atoms with Crippen molar-refractivity contribution < 1.29 is 32.3 Å². The van der Waals surface area contributed by atoms with E-state index in [1.165, 1.54) is 18.1 Å². The molecule has 2 saturated heterocycles. The number of methoxy groups -OCH3 is 1. The zero-order valence-corrected chi connectivity index (χ0v) is 15.1. The molecule has 28 heavy (non-hydrogen) atoms. The minimum Gasteiger partial charge on any atom is -0.384 e. The van der Waals surface area contributed by atoms with Crippen LogP contribution in [0.2, 0.25) is 0 Å². The molecular formula is C18H20F3N3O4. The number of carbonyl (C=O) groups is 3. The third-order valence-electron chi connectivity index (χ3n) is 4.85. The molecule has 0 radical (unpaired) electrons. The van der Waals surface area contributed by atoms with Gasteiger partial charge in [-0.05, 0) is 18.2 Å². The highest BCUT2D eigenvalue weighted by Gasteiger charge is 2.42. The summed E-state index contributed by atoms with van der Waals surface area (Å²) in [4.78, 5) is 37.4. The number of hydrogen-bond donors (Lipinski definition) is 2. The van der Waals surface area contributed by atoms with E-state index in [0.717, 1.165) is 12.1 Å². The van der Waals surface area contributed by atoms with Crippen molar-refractivity contribution in [2.45, 2.75) is 25.1 Å². The van der Waals surface area contributed by atoms with Crippen LogP contribution in [0.1, 0.15) is 28.8 Å². The van der Waals surface area contributed by atoms with Gasteiger partial charge < -0.3 is 20.3 Å². The van der Waals surface area contributed by atoms with E-state index >= 15 is 0 Å². The van der Waals surface area contributed by atoms with Gasteiger partial charge in [0.2, 0.25) is 11.8 Å². The quantitative estimate of drug-likeness (QED) is 0.788. The lowest BCUT2D eigenvalue weighted by Crippen LogP contribution is -2.35. The van der Waals surface area contributed by atoms with Crippen LogP contribution in [-0.4, -0.2) is 55.5 Å². The van der Waals surface area contributed by atoms with Crippen molar-refractivity contribution in [2.24, 2.45) is 5.92 Å². The van der Waals surface area contributed by atoms with Gasteiger partial charge in [-0.3, -0.25) is 14.4 Å². The van der Waals surface area contributed by atoms with E-state index < -0.39 is 23.6 Å². The second kappa shape index (κ2) is 7.78. The van der Waals surface area contributed by atoms with Crippen LogP contribution in [0.25, 0.3) is 0 Å². The molecule has 0 aromatic heterocycles. The van der Waals surface area contributed by atoms with Gasteiger partial charge in [-0.15, -0.1) is 0 Å². The number of fused-ring (bicyclic) bond motifs is 1. The smallest absolute Gasteiger partial charge is 0.384 e. The Morgan fingerprint density at radius 1 is 1.29 bits per heavy atom. The molecule has 1 aromatic rings. The standard InChI is InChI=1S/C18H20F3N3O4/c1-28-3-2-15(25)22-13-5-10(4-12(7-13)18(19,20)21)17(27)24-8-11-6-16(26)23-14(11)9-24/h4-5,7,11,14H,2-3,6,8-9H2,1H3,(H,22,25)(H,23,26)/t11-,14+/m0/s1. The monoisotopic (exact) mass is 399 g/mol. The SMILES string of the molecule is COCCC(=O)Nc1cc(C(=O)N2C[C@@H]3CC(=O)N[C@@H]3C2)cc(C(F)(F)F)c1. The maximum absolute atomic E-state index is 13.3. The molecule has 2 atom stereocenters. The van der Waals surface area contributed by atoms with Crippen LogP contribution < -0.4 is 10.6 Å². The summed E-state index contributed by atoms with van der Waals surface area (Å²) in [5, 5.41) is 5.14. The van der Waals surface area contributed by atoms with E-state index in [0.29, 0.717) is 13.0 Å². The third kappa shape index (κ3) is 4.44. The molecule has 0 spiro atoms. The fraction of sp³-hybridized carbons (Fsp3) is 0.500. The first-order chi connectivity index (χ1) is 13.2. The highest BCUT2D eigenvalue weighted by atomic mass is 19.4. The van der Waals surface area contributed by atoms with Gasteiger partial charge in [0.05, 0.1) is 24.6 Å². The molecule has 0 saturated carbocycles. The number of nitrogens with zero attached hydrogens (tertiary/aromatic N) is 1. The first-order valence-electron chi connectivity index (χ1n) is 8.77. The first kappa shape index (κ1) is 20.1. The summed E-state index contributed by atoms with van der Waals surface area (Å²) in [5.41, 5.74) is -1.29. The zero-order chi connectivity index (χ0) is 20.5. The number of alkyl halides is 3. The van der Waals surface area contributed by atoms with Gasteiger partial charge in [-0.1, -0.05) is 0 Å². The van der Waals surface area contributed by atoms with Gasteiger partial charge in [0, 0.05) is 43.8 Å². The van der Waals surface area contributed by atoms with Crippen LogP contribution >= 0.6 is 0 Å². The number of carbonyl (C=O) groups excluding carboxylic acids is 3. The third-order valence-corrected chi connectivity index (χ3v) is 4.85. The van der Waals surface area contributed by atoms with E-state index in [1.54, 1.807) is 0 Å². The Bertz CT molecular complexity index is 781. The molecule has 7 nitrogen and oxygen atoms in total. The molecule has 2 fully saturated rings. The number of hydrogen-bond acceptors (Lipinski definition) is 4. The molecule has 2 heterocycles. The second-order valence-corrected chi connectivity index (χ2v) is 6.94. The molecule has 1 aromatic carbocycles. The van der Waals surface area contributed by atoms with Crippen molar-refractivity contribution in [3.8, 4) is 0 Å². The van der Waals surface area contributed by atoms with Crippen LogP contribution in [0.15, 0.2) is 18.2 Å². The molecule has 0 aliphatic carbocycles. The number of likely N-dealkylation sites (tertiary alicyclic amines) is 1. The van der Waals surface area contributed by atoms with Crippen LogP contribution in [0.5, 0.6) is 0 Å². The molecule has 0 unspecified atom stereocenters. The fourth-order valence-electron chi connectivity index (χ4n) is 3.50. The normalized spacial score (nSPS) is 21.4. The summed E-state index contributed by atoms with van der Waals surface area (Å²) in [7, 11) is 1.40. The molecule has 2 N–H and O–H groups in total. The lowest BCUT2D eigenvalue weighted by atomic mass is 10.1. The molecule has 3 rings (SSSR count). The maximum atomic E-state index is 13.3. The predicted octanol–water partition coefficient (Wildman–Crippen LogP) is 1.64. The summed E-state index contributed by atoms with van der Waals surface area (Å²) < 4.78 is 44.5. The van der Waals surface area contributed by atoms with Crippen LogP contribution in [0.3, 0.4) is 0 Å². The average Bonchev–Trinajstić information content (AvgIpc) is 3.15. The number of anilines is 1. The van der Waals surface area contributed by atoms with Crippen LogP contribution in [-0.2, 0) is 20.5 Å². The van der Waals surface area contributed by atoms with Gasteiger partial charge in [0.25, 0.3) is 5.91 Å². The highest BCUT2D eigenvalue weighted by molar-refractivity contribution is 5.98. The lowest BCUT2D eigenvalue weighted by molar-refractivity contribution is -0.137. The Balaban J connectivity index is 1.81. The number of nitrogens with one attached hydrogen (secondary N) is 2.